The highest BCUT2D eigenvalue weighted by Crippen LogP contribution is 2.19. The Balaban J connectivity index is 2.70. The molecule has 0 spiro atoms. The van der Waals surface area contributed by atoms with Crippen molar-refractivity contribution in [3.63, 3.8) is 0 Å². The number of rotatable bonds is 1. The highest BCUT2D eigenvalue weighted by Gasteiger charge is 2.01. The van der Waals surface area contributed by atoms with Crippen molar-refractivity contribution in [1.82, 2.24) is 4.98 Å². The first-order valence-electron chi connectivity index (χ1n) is 4.10. The molecular formula is C10H8ClN3. The standard InChI is InChI=1S/C10H8ClN3/c11-8-5-7-3-1-2-4-9(7)14-10(8)6-13-12/h1-6H,12H2. The van der Waals surface area contributed by atoms with Crippen LogP contribution in [0.4, 0.5) is 0 Å². The lowest BCUT2D eigenvalue weighted by Gasteiger charge is -2.00. The molecule has 3 nitrogen and oxygen atoms in total. The van der Waals surface area contributed by atoms with Crippen LogP contribution in [0, 0.1) is 0 Å². The Labute approximate surface area is 86.2 Å². The summed E-state index contributed by atoms with van der Waals surface area (Å²) in [4.78, 5) is 4.30. The molecule has 0 bridgehead atoms. The molecule has 0 saturated carbocycles. The predicted octanol–water partition coefficient (Wildman–Crippen LogP) is 2.18. The summed E-state index contributed by atoms with van der Waals surface area (Å²) in [6, 6.07) is 9.58. The number of pyridine rings is 1. The summed E-state index contributed by atoms with van der Waals surface area (Å²) in [5, 5.41) is 4.96. The molecule has 0 aliphatic rings. The minimum absolute atomic E-state index is 0.554. The van der Waals surface area contributed by atoms with E-state index in [9.17, 15) is 0 Å². The molecule has 0 saturated heterocycles. The number of benzene rings is 1. The summed E-state index contributed by atoms with van der Waals surface area (Å²) < 4.78 is 0. The zero-order chi connectivity index (χ0) is 9.97. The van der Waals surface area contributed by atoms with Crippen molar-refractivity contribution in [3.8, 4) is 0 Å². The smallest absolute Gasteiger partial charge is 0.102 e. The van der Waals surface area contributed by atoms with E-state index in [2.05, 4.69) is 10.1 Å². The van der Waals surface area contributed by atoms with E-state index in [1.807, 2.05) is 30.3 Å². The molecule has 2 aromatic rings. The summed E-state index contributed by atoms with van der Waals surface area (Å²) in [6.07, 6.45) is 1.44. The van der Waals surface area contributed by atoms with Gasteiger partial charge in [-0.1, -0.05) is 29.8 Å². The van der Waals surface area contributed by atoms with Crippen molar-refractivity contribution in [2.75, 3.05) is 0 Å². The van der Waals surface area contributed by atoms with Gasteiger partial charge in [0.15, 0.2) is 0 Å². The fraction of sp³-hybridized carbons (Fsp3) is 0. The number of hydrazone groups is 1. The quantitative estimate of drug-likeness (QED) is 0.441. The Morgan fingerprint density at radius 3 is 2.93 bits per heavy atom. The molecule has 2 N–H and O–H groups in total. The number of hydrogen-bond donors (Lipinski definition) is 1. The van der Waals surface area contributed by atoms with E-state index in [0.29, 0.717) is 10.7 Å². The third kappa shape index (κ3) is 1.54. The van der Waals surface area contributed by atoms with Crippen molar-refractivity contribution in [3.05, 3.63) is 41.0 Å². The second kappa shape index (κ2) is 3.64. The third-order valence-electron chi connectivity index (χ3n) is 1.90. The number of nitrogens with two attached hydrogens (primary N) is 1. The van der Waals surface area contributed by atoms with E-state index >= 15 is 0 Å². The normalized spacial score (nSPS) is 11.2. The van der Waals surface area contributed by atoms with Crippen LogP contribution in [0.1, 0.15) is 5.69 Å². The van der Waals surface area contributed by atoms with Crippen LogP contribution in [0.3, 0.4) is 0 Å². The maximum Gasteiger partial charge on any atom is 0.102 e. The fourth-order valence-corrected chi connectivity index (χ4v) is 1.47. The molecule has 1 heterocycles. The van der Waals surface area contributed by atoms with Crippen LogP contribution < -0.4 is 5.84 Å². The van der Waals surface area contributed by atoms with Crippen LogP contribution >= 0.6 is 11.6 Å². The molecule has 0 amide bonds. The van der Waals surface area contributed by atoms with E-state index < -0.39 is 0 Å². The summed E-state index contributed by atoms with van der Waals surface area (Å²) in [5.41, 5.74) is 1.47. The van der Waals surface area contributed by atoms with E-state index in [-0.39, 0.29) is 0 Å². The van der Waals surface area contributed by atoms with Crippen molar-refractivity contribution in [2.45, 2.75) is 0 Å². The predicted molar refractivity (Wildman–Crippen MR) is 58.5 cm³/mol. The van der Waals surface area contributed by atoms with Crippen molar-refractivity contribution < 1.29 is 0 Å². The molecule has 70 valence electrons. The SMILES string of the molecule is NN=Cc1nc2ccccc2cc1Cl. The van der Waals surface area contributed by atoms with E-state index in [1.54, 1.807) is 0 Å². The lowest BCUT2D eigenvalue weighted by Crippen LogP contribution is -1.92. The van der Waals surface area contributed by atoms with Crippen LogP contribution in [0.5, 0.6) is 0 Å². The Kier molecular flexibility index (Phi) is 2.33. The van der Waals surface area contributed by atoms with E-state index in [4.69, 9.17) is 17.4 Å². The average Bonchev–Trinajstić information content (AvgIpc) is 2.19. The number of halogens is 1. The fourth-order valence-electron chi connectivity index (χ4n) is 1.27. The minimum atomic E-state index is 0.554. The number of nitrogens with zero attached hydrogens (tertiary/aromatic N) is 2. The summed E-state index contributed by atoms with van der Waals surface area (Å²) >= 11 is 5.97. The molecule has 0 aliphatic carbocycles. The van der Waals surface area contributed by atoms with Gasteiger partial charge in [0.2, 0.25) is 0 Å². The molecule has 1 aromatic heterocycles. The molecule has 2 rings (SSSR count). The number of fused-ring (bicyclic) bond motifs is 1. The maximum absolute atomic E-state index is 5.97. The molecule has 0 radical (unpaired) electrons. The second-order valence-electron chi connectivity index (χ2n) is 2.83. The van der Waals surface area contributed by atoms with Crippen molar-refractivity contribution in [1.29, 1.82) is 0 Å². The summed E-state index contributed by atoms with van der Waals surface area (Å²) in [5.74, 6) is 5.04. The van der Waals surface area contributed by atoms with Gasteiger partial charge in [0.1, 0.15) is 5.69 Å². The van der Waals surface area contributed by atoms with Crippen LogP contribution in [0.2, 0.25) is 5.02 Å². The summed E-state index contributed by atoms with van der Waals surface area (Å²) in [6.45, 7) is 0. The molecule has 14 heavy (non-hydrogen) atoms. The highest BCUT2D eigenvalue weighted by atomic mass is 35.5. The molecule has 0 unspecified atom stereocenters. The number of para-hydroxylation sites is 1. The topological polar surface area (TPSA) is 51.3 Å². The molecule has 0 aliphatic heterocycles. The third-order valence-corrected chi connectivity index (χ3v) is 2.20. The first-order valence-corrected chi connectivity index (χ1v) is 4.47. The van der Waals surface area contributed by atoms with Gasteiger partial charge >= 0.3 is 0 Å². The van der Waals surface area contributed by atoms with Gasteiger partial charge in [0, 0.05) is 5.39 Å². The average molecular weight is 206 g/mol. The van der Waals surface area contributed by atoms with Gasteiger partial charge in [0.25, 0.3) is 0 Å². The van der Waals surface area contributed by atoms with Gasteiger partial charge in [-0.15, -0.1) is 0 Å². The molecular weight excluding hydrogens is 198 g/mol. The molecule has 1 aromatic carbocycles. The van der Waals surface area contributed by atoms with Gasteiger partial charge in [-0.2, -0.15) is 5.10 Å². The Bertz CT molecular complexity index is 494. The zero-order valence-electron chi connectivity index (χ0n) is 7.31. The monoisotopic (exact) mass is 205 g/mol. The van der Waals surface area contributed by atoms with Gasteiger partial charge in [-0.25, -0.2) is 4.98 Å². The van der Waals surface area contributed by atoms with Gasteiger partial charge in [0.05, 0.1) is 16.8 Å². The Hall–Kier alpha value is -1.61. The molecule has 0 fully saturated rings. The van der Waals surface area contributed by atoms with Crippen LogP contribution in [0.25, 0.3) is 10.9 Å². The Morgan fingerprint density at radius 1 is 1.36 bits per heavy atom. The number of aromatic nitrogens is 1. The summed E-state index contributed by atoms with van der Waals surface area (Å²) in [7, 11) is 0. The van der Waals surface area contributed by atoms with Crippen molar-refractivity contribution in [2.24, 2.45) is 10.9 Å². The van der Waals surface area contributed by atoms with E-state index in [1.165, 1.54) is 6.21 Å². The van der Waals surface area contributed by atoms with Gasteiger partial charge in [-0.05, 0) is 12.1 Å². The Morgan fingerprint density at radius 2 is 2.14 bits per heavy atom. The first kappa shape index (κ1) is 8.97. The highest BCUT2D eigenvalue weighted by molar-refractivity contribution is 6.33. The van der Waals surface area contributed by atoms with Crippen LogP contribution in [-0.4, -0.2) is 11.2 Å². The largest absolute Gasteiger partial charge is 0.323 e. The maximum atomic E-state index is 5.97. The second-order valence-corrected chi connectivity index (χ2v) is 3.23. The lowest BCUT2D eigenvalue weighted by molar-refractivity contribution is 1.25. The number of hydrogen-bond acceptors (Lipinski definition) is 3. The first-order chi connectivity index (χ1) is 6.81. The van der Waals surface area contributed by atoms with Crippen LogP contribution in [0.15, 0.2) is 35.4 Å². The van der Waals surface area contributed by atoms with E-state index in [0.717, 1.165) is 10.9 Å². The molecule has 0 atom stereocenters. The van der Waals surface area contributed by atoms with Gasteiger partial charge < -0.3 is 5.84 Å². The minimum Gasteiger partial charge on any atom is -0.323 e. The van der Waals surface area contributed by atoms with Crippen molar-refractivity contribution >= 4 is 28.7 Å². The lowest BCUT2D eigenvalue weighted by atomic mass is 10.2. The van der Waals surface area contributed by atoms with Gasteiger partial charge in [-0.3, -0.25) is 0 Å². The molecule has 4 heteroatoms. The van der Waals surface area contributed by atoms with Crippen LogP contribution in [-0.2, 0) is 0 Å². The zero-order valence-corrected chi connectivity index (χ0v) is 8.07.